The molecule has 1 aliphatic rings. The Morgan fingerprint density at radius 2 is 1.39 bits per heavy atom. The fourth-order valence-electron chi connectivity index (χ4n) is 3.72. The van der Waals surface area contributed by atoms with Gasteiger partial charge >= 0.3 is 0 Å². The van der Waals surface area contributed by atoms with Crippen LogP contribution in [0.15, 0.2) is 78.9 Å². The molecule has 0 aliphatic heterocycles. The smallest absolute Gasteiger partial charge is 0.196 e. The second-order valence-corrected chi connectivity index (χ2v) is 6.72. The molecule has 3 aromatic carbocycles. The lowest BCUT2D eigenvalue weighted by Gasteiger charge is -2.12. The highest BCUT2D eigenvalue weighted by molar-refractivity contribution is 6.24. The number of phenolic OH excluding ortho intramolecular Hbond substituents is 2. The van der Waals surface area contributed by atoms with Gasteiger partial charge in [0.1, 0.15) is 11.5 Å². The van der Waals surface area contributed by atoms with Crippen molar-refractivity contribution in [1.82, 2.24) is 4.98 Å². The molecular formula is C24H15NO3. The molecule has 2 N–H and O–H groups in total. The average Bonchev–Trinajstić information content (AvgIpc) is 3.00. The lowest BCUT2D eigenvalue weighted by atomic mass is 9.95. The third-order valence-electron chi connectivity index (χ3n) is 5.01. The van der Waals surface area contributed by atoms with Crippen LogP contribution in [0, 0.1) is 0 Å². The predicted octanol–water partition coefficient (Wildman–Crippen LogP) is 5.04. The minimum Gasteiger partial charge on any atom is -0.508 e. The molecule has 4 aromatic rings. The lowest BCUT2D eigenvalue weighted by molar-refractivity contribution is 0.104. The molecule has 0 radical (unpaired) electrons. The molecule has 0 unspecified atom stereocenters. The highest BCUT2D eigenvalue weighted by Crippen LogP contribution is 2.43. The minimum atomic E-state index is -0.0831. The Morgan fingerprint density at radius 1 is 0.679 bits per heavy atom. The van der Waals surface area contributed by atoms with Crippen LogP contribution in [0.1, 0.15) is 15.9 Å². The number of hydrogen-bond donors (Lipinski definition) is 2. The van der Waals surface area contributed by atoms with Crippen molar-refractivity contribution in [1.29, 1.82) is 0 Å². The number of carbonyl (C=O) groups excluding carboxylic acids is 1. The van der Waals surface area contributed by atoms with Crippen LogP contribution in [0.5, 0.6) is 11.5 Å². The van der Waals surface area contributed by atoms with Gasteiger partial charge in [-0.05, 0) is 41.5 Å². The number of aromatic nitrogens is 1. The molecule has 0 amide bonds. The number of phenols is 2. The zero-order valence-electron chi connectivity index (χ0n) is 14.8. The highest BCUT2D eigenvalue weighted by atomic mass is 16.3. The summed E-state index contributed by atoms with van der Waals surface area (Å²) in [7, 11) is 0. The monoisotopic (exact) mass is 365 g/mol. The standard InChI is InChI=1S/C24H15NO3/c26-15-7-5-6-14(12-15)19-13-20(18-10-3-4-11-21(18)27)25-23-16-8-1-2-9-17(16)24(28)22(19)23/h1-13,26-27H. The van der Waals surface area contributed by atoms with E-state index < -0.39 is 0 Å². The summed E-state index contributed by atoms with van der Waals surface area (Å²) in [6, 6.07) is 23.0. The van der Waals surface area contributed by atoms with E-state index in [0.29, 0.717) is 33.6 Å². The zero-order valence-corrected chi connectivity index (χ0v) is 14.8. The van der Waals surface area contributed by atoms with Crippen molar-refractivity contribution in [3.8, 4) is 45.1 Å². The second-order valence-electron chi connectivity index (χ2n) is 6.72. The molecule has 0 saturated carbocycles. The molecule has 4 heteroatoms. The molecule has 5 rings (SSSR count). The van der Waals surface area contributed by atoms with Crippen molar-refractivity contribution in [3.63, 3.8) is 0 Å². The largest absolute Gasteiger partial charge is 0.508 e. The van der Waals surface area contributed by atoms with Gasteiger partial charge in [-0.25, -0.2) is 4.98 Å². The molecule has 1 aromatic heterocycles. The van der Waals surface area contributed by atoms with E-state index >= 15 is 0 Å². The van der Waals surface area contributed by atoms with Gasteiger partial charge in [-0.2, -0.15) is 0 Å². The van der Waals surface area contributed by atoms with E-state index in [9.17, 15) is 15.0 Å². The number of benzene rings is 3. The molecule has 0 spiro atoms. The van der Waals surface area contributed by atoms with Crippen molar-refractivity contribution in [3.05, 3.63) is 90.0 Å². The van der Waals surface area contributed by atoms with Gasteiger partial charge in [0.2, 0.25) is 0 Å². The number of fused-ring (bicyclic) bond motifs is 3. The van der Waals surface area contributed by atoms with Crippen LogP contribution in [0.2, 0.25) is 0 Å². The van der Waals surface area contributed by atoms with Gasteiger partial charge in [-0.3, -0.25) is 4.79 Å². The number of rotatable bonds is 2. The summed E-state index contributed by atoms with van der Waals surface area (Å²) >= 11 is 0. The molecule has 1 heterocycles. The lowest BCUT2D eigenvalue weighted by Crippen LogP contribution is -2.00. The summed E-state index contributed by atoms with van der Waals surface area (Å²) < 4.78 is 0. The maximum atomic E-state index is 13.1. The van der Waals surface area contributed by atoms with E-state index in [1.165, 1.54) is 0 Å². The van der Waals surface area contributed by atoms with E-state index in [1.54, 1.807) is 48.5 Å². The maximum absolute atomic E-state index is 13.1. The fourth-order valence-corrected chi connectivity index (χ4v) is 3.72. The zero-order chi connectivity index (χ0) is 19.3. The van der Waals surface area contributed by atoms with Crippen molar-refractivity contribution in [2.75, 3.05) is 0 Å². The Balaban J connectivity index is 1.86. The van der Waals surface area contributed by atoms with Crippen LogP contribution >= 0.6 is 0 Å². The van der Waals surface area contributed by atoms with Gasteiger partial charge in [-0.1, -0.05) is 48.5 Å². The van der Waals surface area contributed by atoms with E-state index in [2.05, 4.69) is 0 Å². The summed E-state index contributed by atoms with van der Waals surface area (Å²) in [6.45, 7) is 0. The van der Waals surface area contributed by atoms with Gasteiger partial charge < -0.3 is 10.2 Å². The van der Waals surface area contributed by atoms with Gasteiger partial charge in [0, 0.05) is 16.7 Å². The third kappa shape index (κ3) is 2.39. The van der Waals surface area contributed by atoms with E-state index in [4.69, 9.17) is 4.98 Å². The number of ketones is 1. The van der Waals surface area contributed by atoms with Gasteiger partial charge in [0.25, 0.3) is 0 Å². The van der Waals surface area contributed by atoms with Crippen LogP contribution in [0.3, 0.4) is 0 Å². The van der Waals surface area contributed by atoms with Crippen LogP contribution in [-0.2, 0) is 0 Å². The molecule has 0 atom stereocenters. The van der Waals surface area contributed by atoms with Gasteiger partial charge in [-0.15, -0.1) is 0 Å². The predicted molar refractivity (Wildman–Crippen MR) is 107 cm³/mol. The average molecular weight is 365 g/mol. The first-order valence-electron chi connectivity index (χ1n) is 8.90. The van der Waals surface area contributed by atoms with Crippen LogP contribution in [0.4, 0.5) is 0 Å². The van der Waals surface area contributed by atoms with Crippen molar-refractivity contribution in [2.45, 2.75) is 0 Å². The summed E-state index contributed by atoms with van der Waals surface area (Å²) in [5.74, 6) is 0.157. The first-order chi connectivity index (χ1) is 13.6. The number of aromatic hydroxyl groups is 2. The Hall–Kier alpha value is -3.92. The van der Waals surface area contributed by atoms with E-state index in [0.717, 1.165) is 11.1 Å². The Kier molecular flexibility index (Phi) is 3.52. The summed E-state index contributed by atoms with van der Waals surface area (Å²) in [6.07, 6.45) is 0. The second kappa shape index (κ2) is 6.06. The number of para-hydroxylation sites is 1. The summed E-state index contributed by atoms with van der Waals surface area (Å²) in [5.41, 5.74) is 5.06. The van der Waals surface area contributed by atoms with Crippen molar-refractivity contribution >= 4 is 5.78 Å². The third-order valence-corrected chi connectivity index (χ3v) is 5.01. The Morgan fingerprint density at radius 3 is 2.14 bits per heavy atom. The van der Waals surface area contributed by atoms with Gasteiger partial charge in [0.15, 0.2) is 5.78 Å². The molecule has 0 bridgehead atoms. The summed E-state index contributed by atoms with van der Waals surface area (Å²) in [5, 5.41) is 20.3. The fraction of sp³-hybridized carbons (Fsp3) is 0. The maximum Gasteiger partial charge on any atom is 0.196 e. The first-order valence-corrected chi connectivity index (χ1v) is 8.90. The topological polar surface area (TPSA) is 70.4 Å². The molecule has 134 valence electrons. The van der Waals surface area contributed by atoms with E-state index in [1.807, 2.05) is 30.3 Å². The Bertz CT molecular complexity index is 1260. The number of pyridine rings is 1. The number of hydrogen-bond acceptors (Lipinski definition) is 4. The molecule has 28 heavy (non-hydrogen) atoms. The van der Waals surface area contributed by atoms with Crippen molar-refractivity contribution in [2.24, 2.45) is 0 Å². The van der Waals surface area contributed by atoms with Crippen LogP contribution in [-0.4, -0.2) is 21.0 Å². The molecule has 4 nitrogen and oxygen atoms in total. The van der Waals surface area contributed by atoms with Crippen molar-refractivity contribution < 1.29 is 15.0 Å². The van der Waals surface area contributed by atoms with Gasteiger partial charge in [0.05, 0.1) is 17.0 Å². The number of nitrogens with zero attached hydrogens (tertiary/aromatic N) is 1. The van der Waals surface area contributed by atoms with E-state index in [-0.39, 0.29) is 17.3 Å². The normalized spacial score (nSPS) is 11.9. The van der Waals surface area contributed by atoms with Crippen LogP contribution < -0.4 is 0 Å². The van der Waals surface area contributed by atoms with Crippen LogP contribution in [0.25, 0.3) is 33.6 Å². The number of carbonyl (C=O) groups is 1. The molecule has 1 aliphatic carbocycles. The summed E-state index contributed by atoms with van der Waals surface area (Å²) in [4.78, 5) is 17.9. The quantitative estimate of drug-likeness (QED) is 0.460. The molecule has 0 fully saturated rings. The molecular weight excluding hydrogens is 350 g/mol. The highest BCUT2D eigenvalue weighted by Gasteiger charge is 2.31. The minimum absolute atomic E-state index is 0.0831. The SMILES string of the molecule is O=C1c2ccccc2-c2nc(-c3ccccc3O)cc(-c3cccc(O)c3)c21. The molecule has 0 saturated heterocycles. The first kappa shape index (κ1) is 16.3. The Labute approximate surface area is 161 Å².